The lowest BCUT2D eigenvalue weighted by molar-refractivity contribution is -0.116. The van der Waals surface area contributed by atoms with Gasteiger partial charge in [-0.15, -0.1) is 0 Å². The Kier molecular flexibility index (Phi) is 3.76. The number of nitrogen functional groups attached to an aromatic ring is 1. The van der Waals surface area contributed by atoms with E-state index in [-0.39, 0.29) is 5.91 Å². The lowest BCUT2D eigenvalue weighted by Gasteiger charge is -2.37. The van der Waals surface area contributed by atoms with Crippen LogP contribution in [0.15, 0.2) is 12.1 Å². The summed E-state index contributed by atoms with van der Waals surface area (Å²) in [6.45, 7) is 2.03. The first-order valence-corrected chi connectivity index (χ1v) is 7.68. The number of benzene rings is 1. The van der Waals surface area contributed by atoms with Gasteiger partial charge in [0.1, 0.15) is 0 Å². The van der Waals surface area contributed by atoms with Gasteiger partial charge in [0.2, 0.25) is 5.91 Å². The van der Waals surface area contributed by atoms with Crippen molar-refractivity contribution >= 4 is 23.0 Å². The normalized spacial score (nSPS) is 19.6. The molecular weight excluding hydrogens is 264 g/mol. The Morgan fingerprint density at radius 3 is 2.62 bits per heavy atom. The highest BCUT2D eigenvalue weighted by Gasteiger charge is 2.24. The predicted molar refractivity (Wildman–Crippen MR) is 86.7 cm³/mol. The number of nitrogens with two attached hydrogens (primary N) is 1. The summed E-state index contributed by atoms with van der Waals surface area (Å²) in [5.74, 6) is 0.101. The summed E-state index contributed by atoms with van der Waals surface area (Å²) in [5, 5.41) is 2.96. The summed E-state index contributed by atoms with van der Waals surface area (Å²) in [7, 11) is 4.28. The molecule has 0 aliphatic carbocycles. The van der Waals surface area contributed by atoms with Gasteiger partial charge in [-0.1, -0.05) is 0 Å². The number of aryl methyl sites for hydroxylation is 1. The average molecular weight is 288 g/mol. The number of carbonyl (C=O) groups is 1. The van der Waals surface area contributed by atoms with E-state index in [4.69, 9.17) is 5.73 Å². The molecule has 2 heterocycles. The molecule has 2 aliphatic heterocycles. The van der Waals surface area contributed by atoms with Gasteiger partial charge in [-0.3, -0.25) is 4.79 Å². The van der Waals surface area contributed by atoms with Crippen molar-refractivity contribution < 1.29 is 4.79 Å². The van der Waals surface area contributed by atoms with Crippen molar-refractivity contribution in [2.24, 2.45) is 0 Å². The standard InChI is InChI=1S/C16H24N4O/c1-19(2)12-5-7-20(8-6-12)15-10-14-11(9-13(15)17)3-4-16(21)18-14/h9-10,12H,3-8,17H2,1-2H3,(H,18,21). The molecular formula is C16H24N4O. The van der Waals surface area contributed by atoms with Gasteiger partial charge in [0.15, 0.2) is 0 Å². The molecule has 5 nitrogen and oxygen atoms in total. The fraction of sp³-hybridized carbons (Fsp3) is 0.562. The lowest BCUT2D eigenvalue weighted by atomic mass is 9.99. The molecule has 1 aromatic rings. The molecule has 0 radical (unpaired) electrons. The van der Waals surface area contributed by atoms with E-state index in [1.807, 2.05) is 6.07 Å². The van der Waals surface area contributed by atoms with Gasteiger partial charge in [0.25, 0.3) is 0 Å². The average Bonchev–Trinajstić information content (AvgIpc) is 2.47. The molecule has 0 aromatic heterocycles. The molecule has 3 N–H and O–H groups in total. The molecule has 0 saturated carbocycles. The highest BCUT2D eigenvalue weighted by molar-refractivity contribution is 5.95. The van der Waals surface area contributed by atoms with Crippen molar-refractivity contribution in [2.75, 3.05) is 43.1 Å². The molecule has 3 rings (SSSR count). The van der Waals surface area contributed by atoms with E-state index in [1.54, 1.807) is 0 Å². The lowest BCUT2D eigenvalue weighted by Crippen LogP contribution is -2.42. The van der Waals surface area contributed by atoms with Crippen LogP contribution in [0.4, 0.5) is 17.1 Å². The number of hydrogen-bond donors (Lipinski definition) is 2. The SMILES string of the molecule is CN(C)C1CCN(c2cc3c(cc2N)CCC(=O)N3)CC1. The number of nitrogens with one attached hydrogen (secondary N) is 1. The Morgan fingerprint density at radius 1 is 1.24 bits per heavy atom. The molecule has 1 aromatic carbocycles. The van der Waals surface area contributed by atoms with Gasteiger partial charge in [-0.25, -0.2) is 0 Å². The fourth-order valence-corrected chi connectivity index (χ4v) is 3.33. The number of anilines is 3. The minimum Gasteiger partial charge on any atom is -0.397 e. The fourth-order valence-electron chi connectivity index (χ4n) is 3.33. The minimum atomic E-state index is 0.101. The Balaban J connectivity index is 1.80. The maximum atomic E-state index is 11.6. The highest BCUT2D eigenvalue weighted by Crippen LogP contribution is 2.34. The van der Waals surface area contributed by atoms with Gasteiger partial charge in [-0.05, 0) is 51.1 Å². The van der Waals surface area contributed by atoms with Gasteiger partial charge in [0.05, 0.1) is 11.4 Å². The van der Waals surface area contributed by atoms with Crippen molar-refractivity contribution in [3.05, 3.63) is 17.7 Å². The Hall–Kier alpha value is -1.75. The second-order valence-electron chi connectivity index (χ2n) is 6.30. The van der Waals surface area contributed by atoms with Crippen molar-refractivity contribution in [3.63, 3.8) is 0 Å². The molecule has 1 amide bonds. The van der Waals surface area contributed by atoms with Gasteiger partial charge >= 0.3 is 0 Å². The van der Waals surface area contributed by atoms with E-state index in [2.05, 4.69) is 35.3 Å². The minimum absolute atomic E-state index is 0.101. The zero-order chi connectivity index (χ0) is 15.0. The molecule has 0 bridgehead atoms. The molecule has 2 aliphatic rings. The summed E-state index contributed by atoms with van der Waals surface area (Å²) >= 11 is 0. The van der Waals surface area contributed by atoms with E-state index in [9.17, 15) is 4.79 Å². The second kappa shape index (κ2) is 5.56. The summed E-state index contributed by atoms with van der Waals surface area (Å²) in [6, 6.07) is 4.74. The van der Waals surface area contributed by atoms with Crippen molar-refractivity contribution in [2.45, 2.75) is 31.7 Å². The molecule has 1 fully saturated rings. The number of hydrogen-bond acceptors (Lipinski definition) is 4. The number of amides is 1. The van der Waals surface area contributed by atoms with Gasteiger partial charge in [-0.2, -0.15) is 0 Å². The van der Waals surface area contributed by atoms with E-state index in [0.717, 1.165) is 55.0 Å². The highest BCUT2D eigenvalue weighted by atomic mass is 16.1. The predicted octanol–water partition coefficient (Wildman–Crippen LogP) is 1.68. The first kappa shape index (κ1) is 14.2. The van der Waals surface area contributed by atoms with Gasteiger partial charge < -0.3 is 20.9 Å². The van der Waals surface area contributed by atoms with Crippen LogP contribution in [0.3, 0.4) is 0 Å². The van der Waals surface area contributed by atoms with Crippen LogP contribution < -0.4 is 16.0 Å². The maximum absolute atomic E-state index is 11.6. The molecule has 21 heavy (non-hydrogen) atoms. The summed E-state index contributed by atoms with van der Waals surface area (Å²) < 4.78 is 0. The first-order chi connectivity index (χ1) is 10.0. The monoisotopic (exact) mass is 288 g/mol. The van der Waals surface area contributed by atoms with Crippen molar-refractivity contribution in [3.8, 4) is 0 Å². The van der Waals surface area contributed by atoms with E-state index in [1.165, 1.54) is 0 Å². The third kappa shape index (κ3) is 2.83. The molecule has 114 valence electrons. The zero-order valence-corrected chi connectivity index (χ0v) is 12.9. The molecule has 0 spiro atoms. The quantitative estimate of drug-likeness (QED) is 0.813. The summed E-state index contributed by atoms with van der Waals surface area (Å²) in [5.41, 5.74) is 10.2. The molecule has 0 unspecified atom stereocenters. The van der Waals surface area contributed by atoms with E-state index < -0.39 is 0 Å². The Labute approximate surface area is 126 Å². The van der Waals surface area contributed by atoms with Crippen LogP contribution >= 0.6 is 0 Å². The van der Waals surface area contributed by atoms with E-state index >= 15 is 0 Å². The topological polar surface area (TPSA) is 61.6 Å². The molecule has 1 saturated heterocycles. The first-order valence-electron chi connectivity index (χ1n) is 7.68. The third-order valence-corrected chi connectivity index (χ3v) is 4.68. The Morgan fingerprint density at radius 2 is 1.95 bits per heavy atom. The van der Waals surface area contributed by atoms with Crippen molar-refractivity contribution in [1.82, 2.24) is 4.90 Å². The number of fused-ring (bicyclic) bond motifs is 1. The third-order valence-electron chi connectivity index (χ3n) is 4.68. The van der Waals surface area contributed by atoms with Crippen LogP contribution in [0.1, 0.15) is 24.8 Å². The second-order valence-corrected chi connectivity index (χ2v) is 6.30. The smallest absolute Gasteiger partial charge is 0.224 e. The van der Waals surface area contributed by atoms with Gasteiger partial charge in [0, 0.05) is 31.2 Å². The van der Waals surface area contributed by atoms with Crippen LogP contribution in [0, 0.1) is 0 Å². The number of rotatable bonds is 2. The van der Waals surface area contributed by atoms with Crippen LogP contribution in [-0.4, -0.2) is 44.0 Å². The number of carbonyl (C=O) groups excluding carboxylic acids is 1. The van der Waals surface area contributed by atoms with Crippen molar-refractivity contribution in [1.29, 1.82) is 0 Å². The summed E-state index contributed by atoms with van der Waals surface area (Å²) in [4.78, 5) is 16.2. The Bertz CT molecular complexity index is 547. The van der Waals surface area contributed by atoms with Crippen LogP contribution in [0.2, 0.25) is 0 Å². The number of nitrogens with zero attached hydrogens (tertiary/aromatic N) is 2. The largest absolute Gasteiger partial charge is 0.397 e. The summed E-state index contributed by atoms with van der Waals surface area (Å²) in [6.07, 6.45) is 3.64. The van der Waals surface area contributed by atoms with Crippen LogP contribution in [0.25, 0.3) is 0 Å². The number of piperidine rings is 1. The molecule has 0 atom stereocenters. The van der Waals surface area contributed by atoms with Crippen LogP contribution in [-0.2, 0) is 11.2 Å². The molecule has 5 heteroatoms. The van der Waals surface area contributed by atoms with E-state index in [0.29, 0.717) is 12.5 Å². The maximum Gasteiger partial charge on any atom is 0.224 e. The van der Waals surface area contributed by atoms with Crippen LogP contribution in [0.5, 0.6) is 0 Å². The zero-order valence-electron chi connectivity index (χ0n) is 12.9.